The van der Waals surface area contributed by atoms with Crippen molar-refractivity contribution in [2.75, 3.05) is 33.2 Å². The van der Waals surface area contributed by atoms with Gasteiger partial charge in [0.1, 0.15) is 0 Å². The van der Waals surface area contributed by atoms with Gasteiger partial charge in [0.25, 0.3) is 0 Å². The van der Waals surface area contributed by atoms with Gasteiger partial charge in [-0.15, -0.1) is 0 Å². The van der Waals surface area contributed by atoms with Crippen LogP contribution in [0.15, 0.2) is 0 Å². The minimum atomic E-state index is 0.714. The van der Waals surface area contributed by atoms with Crippen molar-refractivity contribution in [3.8, 4) is 0 Å². The van der Waals surface area contributed by atoms with Crippen LogP contribution in [0.4, 0.5) is 0 Å². The fourth-order valence-electron chi connectivity index (χ4n) is 4.68. The molecule has 0 aromatic carbocycles. The molecule has 1 aliphatic carbocycles. The molecule has 0 aromatic heterocycles. The zero-order chi connectivity index (χ0) is 13.9. The number of hydrogen-bond acceptors (Lipinski definition) is 3. The van der Waals surface area contributed by atoms with E-state index in [2.05, 4.69) is 29.1 Å². The van der Waals surface area contributed by atoms with E-state index in [1.165, 1.54) is 71.1 Å². The first-order chi connectivity index (χ1) is 9.74. The summed E-state index contributed by atoms with van der Waals surface area (Å²) in [5.74, 6) is 0.945. The quantitative estimate of drug-likeness (QED) is 0.837. The maximum absolute atomic E-state index is 3.86. The lowest BCUT2D eigenvalue weighted by Gasteiger charge is -2.48. The summed E-state index contributed by atoms with van der Waals surface area (Å²) in [6.07, 6.45) is 10.1. The van der Waals surface area contributed by atoms with Crippen molar-refractivity contribution in [3.63, 3.8) is 0 Å². The summed E-state index contributed by atoms with van der Waals surface area (Å²) in [6.45, 7) is 7.48. The van der Waals surface area contributed by atoms with E-state index in [-0.39, 0.29) is 0 Å². The van der Waals surface area contributed by atoms with Gasteiger partial charge in [-0.25, -0.2) is 0 Å². The molecule has 3 atom stereocenters. The lowest BCUT2D eigenvalue weighted by molar-refractivity contribution is 0.0335. The van der Waals surface area contributed by atoms with E-state index in [9.17, 15) is 0 Å². The van der Waals surface area contributed by atoms with Gasteiger partial charge < -0.3 is 10.2 Å². The minimum absolute atomic E-state index is 0.714. The lowest BCUT2D eigenvalue weighted by Crippen LogP contribution is -2.62. The molecule has 116 valence electrons. The predicted octanol–water partition coefficient (Wildman–Crippen LogP) is 2.32. The van der Waals surface area contributed by atoms with E-state index in [1.54, 1.807) is 0 Å². The molecule has 3 unspecified atom stereocenters. The van der Waals surface area contributed by atoms with Gasteiger partial charge in [-0.2, -0.15) is 0 Å². The van der Waals surface area contributed by atoms with Crippen molar-refractivity contribution in [1.82, 2.24) is 15.1 Å². The zero-order valence-corrected chi connectivity index (χ0v) is 13.5. The molecule has 0 aromatic rings. The second-order valence-corrected chi connectivity index (χ2v) is 7.52. The highest BCUT2D eigenvalue weighted by atomic mass is 15.3. The molecular formula is C17H33N3. The van der Waals surface area contributed by atoms with Crippen molar-refractivity contribution in [3.05, 3.63) is 0 Å². The number of piperidine rings is 1. The van der Waals surface area contributed by atoms with E-state index in [1.807, 2.05) is 0 Å². The average Bonchev–Trinajstić information content (AvgIpc) is 2.48. The van der Waals surface area contributed by atoms with Crippen LogP contribution in [0.1, 0.15) is 51.9 Å². The first-order valence-corrected chi connectivity index (χ1v) is 8.91. The molecule has 2 aliphatic heterocycles. The summed E-state index contributed by atoms with van der Waals surface area (Å²) >= 11 is 0. The molecule has 0 radical (unpaired) electrons. The third-order valence-corrected chi connectivity index (χ3v) is 5.94. The molecule has 2 saturated heterocycles. The number of piperazine rings is 1. The molecular weight excluding hydrogens is 246 g/mol. The van der Waals surface area contributed by atoms with Gasteiger partial charge >= 0.3 is 0 Å². The van der Waals surface area contributed by atoms with Gasteiger partial charge in [0.15, 0.2) is 0 Å². The highest BCUT2D eigenvalue weighted by Crippen LogP contribution is 2.29. The Bertz CT molecular complexity index is 301. The van der Waals surface area contributed by atoms with E-state index < -0.39 is 0 Å². The molecule has 2 heterocycles. The maximum atomic E-state index is 3.86. The van der Waals surface area contributed by atoms with Crippen molar-refractivity contribution < 1.29 is 0 Å². The molecule has 3 aliphatic rings. The third-order valence-electron chi connectivity index (χ3n) is 5.94. The smallest absolute Gasteiger partial charge is 0.0227 e. The maximum Gasteiger partial charge on any atom is 0.0227 e. The first kappa shape index (κ1) is 14.8. The molecule has 0 amide bonds. The predicted molar refractivity (Wildman–Crippen MR) is 85.1 cm³/mol. The minimum Gasteiger partial charge on any atom is -0.311 e. The van der Waals surface area contributed by atoms with Gasteiger partial charge in [-0.3, -0.25) is 4.90 Å². The van der Waals surface area contributed by atoms with Crippen LogP contribution in [-0.2, 0) is 0 Å². The largest absolute Gasteiger partial charge is 0.311 e. The van der Waals surface area contributed by atoms with Crippen molar-refractivity contribution in [2.45, 2.75) is 70.0 Å². The standard InChI is InChI=1S/C17H33N3/c1-14-11-18-17(15-7-4-3-5-8-15)13-20(14)16-9-6-10-19(2)12-16/h14-18H,3-13H2,1-2H3. The van der Waals surface area contributed by atoms with Gasteiger partial charge in [-0.1, -0.05) is 19.3 Å². The monoisotopic (exact) mass is 279 g/mol. The SMILES string of the molecule is CC1CNC(C2CCCCC2)CN1C1CCCN(C)C1. The number of likely N-dealkylation sites (N-methyl/N-ethyl adjacent to an activating group) is 1. The number of rotatable bonds is 2. The Kier molecular flexibility index (Phi) is 5.00. The van der Waals surface area contributed by atoms with Crippen molar-refractivity contribution >= 4 is 0 Å². The molecule has 3 fully saturated rings. The highest BCUT2D eigenvalue weighted by Gasteiger charge is 2.35. The van der Waals surface area contributed by atoms with Gasteiger partial charge in [0, 0.05) is 37.8 Å². The molecule has 20 heavy (non-hydrogen) atoms. The normalized spacial score (nSPS) is 39.0. The number of hydrogen-bond donors (Lipinski definition) is 1. The summed E-state index contributed by atoms with van der Waals surface area (Å²) in [5.41, 5.74) is 0. The van der Waals surface area contributed by atoms with E-state index in [0.29, 0.717) is 6.04 Å². The van der Waals surface area contributed by atoms with Crippen LogP contribution in [0.5, 0.6) is 0 Å². The van der Waals surface area contributed by atoms with E-state index >= 15 is 0 Å². The molecule has 0 spiro atoms. The third kappa shape index (κ3) is 3.37. The van der Waals surface area contributed by atoms with E-state index in [4.69, 9.17) is 0 Å². The van der Waals surface area contributed by atoms with E-state index in [0.717, 1.165) is 18.0 Å². The van der Waals surface area contributed by atoms with Crippen LogP contribution in [0.25, 0.3) is 0 Å². The number of nitrogens with one attached hydrogen (secondary N) is 1. The highest BCUT2D eigenvalue weighted by molar-refractivity contribution is 4.93. The fraction of sp³-hybridized carbons (Fsp3) is 1.00. The summed E-state index contributed by atoms with van der Waals surface area (Å²) in [6, 6.07) is 2.28. The van der Waals surface area contributed by atoms with Crippen LogP contribution in [0.2, 0.25) is 0 Å². The Morgan fingerprint density at radius 2 is 1.75 bits per heavy atom. The van der Waals surface area contributed by atoms with Crippen LogP contribution >= 0.6 is 0 Å². The second kappa shape index (κ2) is 6.76. The van der Waals surface area contributed by atoms with Gasteiger partial charge in [-0.05, 0) is 52.1 Å². The molecule has 3 nitrogen and oxygen atoms in total. The summed E-state index contributed by atoms with van der Waals surface area (Å²) in [7, 11) is 2.29. The lowest BCUT2D eigenvalue weighted by atomic mass is 9.82. The zero-order valence-electron chi connectivity index (χ0n) is 13.5. The molecule has 1 N–H and O–H groups in total. The summed E-state index contributed by atoms with van der Waals surface area (Å²) in [4.78, 5) is 5.37. The van der Waals surface area contributed by atoms with Crippen molar-refractivity contribution in [2.24, 2.45) is 5.92 Å². The summed E-state index contributed by atoms with van der Waals surface area (Å²) < 4.78 is 0. The molecule has 3 rings (SSSR count). The Hall–Kier alpha value is -0.120. The second-order valence-electron chi connectivity index (χ2n) is 7.52. The Morgan fingerprint density at radius 3 is 2.50 bits per heavy atom. The summed E-state index contributed by atoms with van der Waals surface area (Å²) in [5, 5.41) is 3.86. The molecule has 0 bridgehead atoms. The average molecular weight is 279 g/mol. The van der Waals surface area contributed by atoms with Crippen LogP contribution in [0, 0.1) is 5.92 Å². The van der Waals surface area contributed by atoms with Gasteiger partial charge in [0.2, 0.25) is 0 Å². The Balaban J connectivity index is 1.60. The van der Waals surface area contributed by atoms with Crippen molar-refractivity contribution in [1.29, 1.82) is 0 Å². The first-order valence-electron chi connectivity index (χ1n) is 8.91. The Labute approximate surface area is 125 Å². The number of likely N-dealkylation sites (tertiary alicyclic amines) is 1. The topological polar surface area (TPSA) is 18.5 Å². The van der Waals surface area contributed by atoms with Crippen LogP contribution in [0.3, 0.4) is 0 Å². The van der Waals surface area contributed by atoms with Crippen LogP contribution < -0.4 is 5.32 Å². The number of nitrogens with zero attached hydrogens (tertiary/aromatic N) is 2. The molecule has 1 saturated carbocycles. The Morgan fingerprint density at radius 1 is 0.950 bits per heavy atom. The fourth-order valence-corrected chi connectivity index (χ4v) is 4.68. The van der Waals surface area contributed by atoms with Gasteiger partial charge in [0.05, 0.1) is 0 Å². The van der Waals surface area contributed by atoms with Crippen LogP contribution in [-0.4, -0.2) is 61.2 Å². The molecule has 3 heteroatoms.